The number of hydrogen-bond acceptors (Lipinski definition) is 5. The summed E-state index contributed by atoms with van der Waals surface area (Å²) in [4.78, 5) is 16.6. The Morgan fingerprint density at radius 1 is 1.38 bits per heavy atom. The van der Waals surface area contributed by atoms with Gasteiger partial charge in [0.05, 0.1) is 5.36 Å². The lowest BCUT2D eigenvalue weighted by Crippen LogP contribution is -2.47. The second-order valence-corrected chi connectivity index (χ2v) is 9.93. The maximum atomic E-state index is 14.0. The molecule has 1 saturated carbocycles. The number of hydrogen-bond donors (Lipinski definition) is 2. The molecule has 0 spiro atoms. The van der Waals surface area contributed by atoms with Crippen LogP contribution in [0, 0.1) is 12.3 Å². The first-order valence-electron chi connectivity index (χ1n) is 9.29. The molecule has 1 amide bonds. The van der Waals surface area contributed by atoms with Crippen LogP contribution in [0.5, 0.6) is 0 Å². The molecule has 1 fully saturated rings. The molecule has 0 aliphatic heterocycles. The molecule has 2 heterocycles. The van der Waals surface area contributed by atoms with Crippen molar-refractivity contribution in [3.8, 4) is 0 Å². The number of carbonyl (C=O) groups is 1. The van der Waals surface area contributed by atoms with E-state index in [2.05, 4.69) is 10.1 Å². The molecule has 0 saturated heterocycles. The van der Waals surface area contributed by atoms with Crippen molar-refractivity contribution >= 4 is 15.9 Å². The van der Waals surface area contributed by atoms with Gasteiger partial charge in [0.2, 0.25) is 5.92 Å². The molecule has 0 bridgehead atoms. The molecule has 2 aromatic rings. The van der Waals surface area contributed by atoms with E-state index in [1.807, 2.05) is 0 Å². The van der Waals surface area contributed by atoms with Crippen molar-refractivity contribution in [3.05, 3.63) is 40.6 Å². The molecule has 0 aromatic carbocycles. The maximum absolute atomic E-state index is 14.0. The van der Waals surface area contributed by atoms with E-state index in [1.54, 1.807) is 0 Å². The van der Waals surface area contributed by atoms with E-state index in [0.717, 1.165) is 23.0 Å². The molecule has 1 aliphatic rings. The van der Waals surface area contributed by atoms with E-state index in [-0.39, 0.29) is 27.9 Å². The van der Waals surface area contributed by atoms with Crippen LogP contribution in [-0.4, -0.2) is 40.0 Å². The Labute approximate surface area is 180 Å². The van der Waals surface area contributed by atoms with E-state index in [9.17, 15) is 36.0 Å². The summed E-state index contributed by atoms with van der Waals surface area (Å²) in [6.07, 6.45) is -0.109. The van der Waals surface area contributed by atoms with Gasteiger partial charge in [0.15, 0.2) is 5.03 Å². The maximum Gasteiger partial charge on any atom is 0.296 e. The van der Waals surface area contributed by atoms with Gasteiger partial charge in [-0.3, -0.25) is 9.48 Å². The fourth-order valence-corrected chi connectivity index (χ4v) is 4.54. The molecular weight excluding hydrogens is 458 g/mol. The number of nitrogens with two attached hydrogens (primary N) is 1. The fraction of sp³-hybridized carbons (Fsp3) is 0.500. The molecule has 32 heavy (non-hydrogen) atoms. The number of nitrogens with zero attached hydrogens (tertiary/aromatic N) is 4. The van der Waals surface area contributed by atoms with Gasteiger partial charge in [-0.1, -0.05) is 6.92 Å². The molecule has 14 heteroatoms. The van der Waals surface area contributed by atoms with E-state index in [4.69, 9.17) is 5.14 Å². The van der Waals surface area contributed by atoms with Gasteiger partial charge in [0.1, 0.15) is 11.4 Å². The largest absolute Gasteiger partial charge is 0.428 e. The molecule has 0 atom stereocenters. The second kappa shape index (κ2) is 7.40. The van der Waals surface area contributed by atoms with Gasteiger partial charge in [0, 0.05) is 44.1 Å². The highest BCUT2D eigenvalue weighted by Crippen LogP contribution is 2.52. The monoisotopic (exact) mass is 479 g/mol. The molecule has 9 nitrogen and oxygen atoms in total. The zero-order valence-corrected chi connectivity index (χ0v) is 18.1. The summed E-state index contributed by atoms with van der Waals surface area (Å²) in [5.41, 5.74) is -2.18. The zero-order chi connectivity index (χ0) is 24.3. The smallest absolute Gasteiger partial charge is 0.296 e. The summed E-state index contributed by atoms with van der Waals surface area (Å²) in [6, 6.07) is 1.90. The molecule has 0 radical (unpaired) electrons. The number of alkyl halides is 4. The van der Waals surface area contributed by atoms with Crippen LogP contribution in [-0.2, 0) is 22.5 Å². The summed E-state index contributed by atoms with van der Waals surface area (Å²) in [7, 11) is -4.36. The van der Waals surface area contributed by atoms with Gasteiger partial charge in [-0.25, -0.2) is 27.3 Å². The molecule has 3 rings (SSSR count). The Morgan fingerprint density at radius 2 is 1.97 bits per heavy atom. The van der Waals surface area contributed by atoms with Crippen LogP contribution in [0.15, 0.2) is 28.3 Å². The first kappa shape index (κ1) is 23.9. The van der Waals surface area contributed by atoms with Crippen LogP contribution < -0.4 is 10.5 Å². The second-order valence-electron chi connectivity index (χ2n) is 8.42. The molecule has 176 valence electrons. The van der Waals surface area contributed by atoms with Crippen LogP contribution in [0.1, 0.15) is 48.4 Å². The van der Waals surface area contributed by atoms with Crippen LogP contribution >= 0.6 is 0 Å². The van der Waals surface area contributed by atoms with Gasteiger partial charge in [0.25, 0.3) is 21.9 Å². The van der Waals surface area contributed by atoms with Crippen molar-refractivity contribution in [2.45, 2.75) is 57.0 Å². The van der Waals surface area contributed by atoms with Crippen molar-refractivity contribution in [3.63, 3.8) is 0 Å². The number of amides is 1. The van der Waals surface area contributed by atoms with Crippen LogP contribution in [0.2, 0.25) is 0 Å². The Morgan fingerprint density at radius 3 is 2.47 bits per heavy atom. The molecule has 1 aliphatic carbocycles. The number of carbonyl (C=O) groups excluding carboxylic acids is 1. The Hall–Kier alpha value is -2.74. The van der Waals surface area contributed by atoms with Crippen molar-refractivity contribution in [2.75, 3.05) is 0 Å². The minimum absolute atomic E-state index is 0.180. The summed E-state index contributed by atoms with van der Waals surface area (Å²) < 4.78 is 79.1. The Kier molecular flexibility index (Phi) is 5.53. The van der Waals surface area contributed by atoms with Crippen LogP contribution in [0.3, 0.4) is 0 Å². The molecule has 3 N–H and O–H groups in total. The third-order valence-corrected chi connectivity index (χ3v) is 6.00. The predicted molar refractivity (Wildman–Crippen MR) is 102 cm³/mol. The number of halogens is 4. The normalized spacial score (nSPS) is 18.4. The highest BCUT2D eigenvalue weighted by atomic mass is 32.2. The van der Waals surface area contributed by atoms with Gasteiger partial charge >= 0.3 is 0 Å². The lowest BCUT2D eigenvalue weighted by Gasteiger charge is -2.44. The molecule has 0 unspecified atom stereocenters. The number of rotatable bonds is 5. The van der Waals surface area contributed by atoms with E-state index in [1.165, 1.54) is 13.8 Å². The van der Waals surface area contributed by atoms with Gasteiger partial charge in [-0.15, -0.1) is 0 Å². The van der Waals surface area contributed by atoms with E-state index in [0.29, 0.717) is 6.92 Å². The number of primary sulfonamides is 1. The third kappa shape index (κ3) is 4.70. The minimum Gasteiger partial charge on any atom is -0.428 e. The first-order valence-corrected chi connectivity index (χ1v) is 10.8. The fourth-order valence-electron chi connectivity index (χ4n) is 3.94. The van der Waals surface area contributed by atoms with Crippen molar-refractivity contribution in [1.82, 2.24) is 14.5 Å². The van der Waals surface area contributed by atoms with Crippen molar-refractivity contribution < 1.29 is 36.0 Å². The Bertz CT molecular complexity index is 1250. The average molecular weight is 479 g/mol. The first-order chi connectivity index (χ1) is 14.4. The summed E-state index contributed by atoms with van der Waals surface area (Å²) >= 11 is 0. The lowest BCUT2D eigenvalue weighted by atomic mass is 9.67. The number of sulfonamides is 1. The lowest BCUT2D eigenvalue weighted by molar-refractivity contribution is -0.160. The van der Waals surface area contributed by atoms with Gasteiger partial charge in [-0.2, -0.15) is 18.6 Å². The third-order valence-electron chi connectivity index (χ3n) is 5.12. The van der Waals surface area contributed by atoms with Crippen molar-refractivity contribution in [2.24, 2.45) is 15.5 Å². The molecule has 2 aromatic heterocycles. The van der Waals surface area contributed by atoms with Gasteiger partial charge in [-0.05, 0) is 18.4 Å². The highest BCUT2D eigenvalue weighted by Gasteiger charge is 2.54. The quantitative estimate of drug-likeness (QED) is 0.501. The van der Waals surface area contributed by atoms with Gasteiger partial charge < -0.3 is 5.21 Å². The number of pyridine rings is 1. The highest BCUT2D eigenvalue weighted by molar-refractivity contribution is 7.89. The SMILES string of the molecule is Cc1c(C(C)(F)F)nn(CC2(C)CC(F)(F)C2)c1C(=O)N=c1ccn(O)c(S(N)(=O)=O)c1. The predicted octanol–water partition coefficient (Wildman–Crippen LogP) is 2.17. The van der Waals surface area contributed by atoms with E-state index < -0.39 is 56.8 Å². The summed E-state index contributed by atoms with van der Waals surface area (Å²) in [6.45, 7) is 3.14. The summed E-state index contributed by atoms with van der Waals surface area (Å²) in [5.74, 6) is -7.34. The Balaban J connectivity index is 2.09. The standard InChI is InChI=1S/C18H21F4N5O4S/c1-10-13(15(28)24-11-4-5-27(29)12(6-11)32(23,30)31)26(25-14(10)17(3,19)20)9-16(2)7-18(21,22)8-16/h4-6,29H,7-9H2,1-3H3,(H2,23,30,31). The van der Waals surface area contributed by atoms with Crippen molar-refractivity contribution in [1.29, 1.82) is 0 Å². The topological polar surface area (TPSA) is 133 Å². The van der Waals surface area contributed by atoms with Crippen LogP contribution in [0.4, 0.5) is 17.6 Å². The number of aromatic nitrogens is 3. The average Bonchev–Trinajstić information content (AvgIpc) is 2.89. The minimum atomic E-state index is -4.36. The molecular formula is C18H21F4N5O4S. The summed E-state index contributed by atoms with van der Waals surface area (Å²) in [5, 5.41) is 17.4. The van der Waals surface area contributed by atoms with Crippen LogP contribution in [0.25, 0.3) is 0 Å². The zero-order valence-electron chi connectivity index (χ0n) is 17.3. The van der Waals surface area contributed by atoms with E-state index >= 15 is 0 Å².